The highest BCUT2D eigenvalue weighted by Gasteiger charge is 2.39. The quantitative estimate of drug-likeness (QED) is 0.852. The minimum atomic E-state index is 0.249. The molecule has 1 aromatic heterocycles. The van der Waals surface area contributed by atoms with E-state index in [1.54, 1.807) is 11.3 Å². The lowest BCUT2D eigenvalue weighted by atomic mass is 9.82. The summed E-state index contributed by atoms with van der Waals surface area (Å²) < 4.78 is 0. The summed E-state index contributed by atoms with van der Waals surface area (Å²) in [6, 6.07) is 2.92. The molecule has 0 aliphatic carbocycles. The van der Waals surface area contributed by atoms with Crippen molar-refractivity contribution >= 4 is 11.3 Å². The van der Waals surface area contributed by atoms with E-state index in [-0.39, 0.29) is 6.04 Å². The average molecular weight is 280 g/mol. The van der Waals surface area contributed by atoms with Gasteiger partial charge in [0.05, 0.1) is 6.04 Å². The predicted octanol–water partition coefficient (Wildman–Crippen LogP) is 4.04. The van der Waals surface area contributed by atoms with Gasteiger partial charge in [0.25, 0.3) is 0 Å². The van der Waals surface area contributed by atoms with Crippen LogP contribution in [-0.4, -0.2) is 24.0 Å². The summed E-state index contributed by atoms with van der Waals surface area (Å²) >= 11 is 1.78. The Bertz CT molecular complexity index is 370. The maximum Gasteiger partial charge on any atom is 0.0507 e. The van der Waals surface area contributed by atoms with Crippen LogP contribution in [0.5, 0.6) is 0 Å². The van der Waals surface area contributed by atoms with E-state index in [0.29, 0.717) is 11.5 Å². The van der Waals surface area contributed by atoms with Crippen LogP contribution in [0.1, 0.15) is 58.1 Å². The van der Waals surface area contributed by atoms with Gasteiger partial charge >= 0.3 is 0 Å². The molecule has 1 aliphatic heterocycles. The van der Waals surface area contributed by atoms with E-state index >= 15 is 0 Å². The number of hydrogen-bond donors (Lipinski definition) is 1. The summed E-state index contributed by atoms with van der Waals surface area (Å²) in [7, 11) is 0. The third-order valence-corrected chi connectivity index (χ3v) is 5.82. The van der Waals surface area contributed by atoms with E-state index in [0.717, 1.165) is 6.42 Å². The van der Waals surface area contributed by atoms with Crippen LogP contribution in [0.3, 0.4) is 0 Å². The standard InChI is InChI=1S/C16H28N2S/c1-4-14(17)15(13-7-10-19-11-13)18-9-8-16(5-2,6-3)12-18/h7,10-11,14-15H,4-6,8-9,12,17H2,1-3H3. The minimum absolute atomic E-state index is 0.249. The molecule has 1 fully saturated rings. The fourth-order valence-corrected chi connectivity index (χ4v) is 4.12. The van der Waals surface area contributed by atoms with Gasteiger partial charge in [-0.1, -0.05) is 20.8 Å². The first-order chi connectivity index (χ1) is 9.15. The van der Waals surface area contributed by atoms with Gasteiger partial charge in [-0.2, -0.15) is 11.3 Å². The lowest BCUT2D eigenvalue weighted by molar-refractivity contribution is 0.172. The molecule has 2 nitrogen and oxygen atoms in total. The van der Waals surface area contributed by atoms with Crippen LogP contribution in [0.15, 0.2) is 16.8 Å². The van der Waals surface area contributed by atoms with E-state index in [4.69, 9.17) is 5.73 Å². The second kappa shape index (κ2) is 6.38. The molecule has 3 heteroatoms. The summed E-state index contributed by atoms with van der Waals surface area (Å²) in [5.74, 6) is 0. The summed E-state index contributed by atoms with van der Waals surface area (Å²) in [4.78, 5) is 2.64. The second-order valence-electron chi connectivity index (χ2n) is 6.00. The molecule has 0 radical (unpaired) electrons. The van der Waals surface area contributed by atoms with Crippen molar-refractivity contribution in [1.29, 1.82) is 0 Å². The number of hydrogen-bond acceptors (Lipinski definition) is 3. The van der Waals surface area contributed by atoms with Crippen molar-refractivity contribution in [1.82, 2.24) is 4.90 Å². The molecular formula is C16H28N2S. The number of rotatable bonds is 6. The van der Waals surface area contributed by atoms with Gasteiger partial charge in [0, 0.05) is 12.6 Å². The Balaban J connectivity index is 2.17. The molecule has 1 saturated heterocycles. The number of nitrogens with zero attached hydrogens (tertiary/aromatic N) is 1. The van der Waals surface area contributed by atoms with Crippen molar-refractivity contribution in [3.05, 3.63) is 22.4 Å². The molecule has 0 bridgehead atoms. The van der Waals surface area contributed by atoms with Gasteiger partial charge in [0.15, 0.2) is 0 Å². The molecule has 19 heavy (non-hydrogen) atoms. The van der Waals surface area contributed by atoms with Crippen molar-refractivity contribution < 1.29 is 0 Å². The second-order valence-corrected chi connectivity index (χ2v) is 6.78. The Morgan fingerprint density at radius 3 is 2.58 bits per heavy atom. The third kappa shape index (κ3) is 3.04. The van der Waals surface area contributed by atoms with Crippen molar-refractivity contribution in [2.45, 2.75) is 58.5 Å². The van der Waals surface area contributed by atoms with E-state index in [1.165, 1.54) is 37.9 Å². The molecule has 1 aliphatic rings. The van der Waals surface area contributed by atoms with Crippen molar-refractivity contribution in [2.75, 3.05) is 13.1 Å². The van der Waals surface area contributed by atoms with Crippen LogP contribution < -0.4 is 5.73 Å². The summed E-state index contributed by atoms with van der Waals surface area (Å²) in [6.45, 7) is 9.30. The normalized spacial score (nSPS) is 22.5. The molecule has 0 aromatic carbocycles. The van der Waals surface area contributed by atoms with Crippen LogP contribution in [-0.2, 0) is 0 Å². The Morgan fingerprint density at radius 1 is 1.37 bits per heavy atom. The molecular weight excluding hydrogens is 252 g/mol. The van der Waals surface area contributed by atoms with Gasteiger partial charge in [-0.05, 0) is 60.0 Å². The first kappa shape index (κ1) is 15.0. The Kier molecular flexibility index (Phi) is 5.04. The number of nitrogens with two attached hydrogens (primary N) is 1. The Morgan fingerprint density at radius 2 is 2.11 bits per heavy atom. The monoisotopic (exact) mass is 280 g/mol. The summed E-state index contributed by atoms with van der Waals surface area (Å²) in [6.07, 6.45) is 4.95. The summed E-state index contributed by atoms with van der Waals surface area (Å²) in [5, 5.41) is 4.45. The topological polar surface area (TPSA) is 29.3 Å². The zero-order valence-corrected chi connectivity index (χ0v) is 13.4. The molecule has 1 aromatic rings. The van der Waals surface area contributed by atoms with Crippen LogP contribution in [0.4, 0.5) is 0 Å². The lowest BCUT2D eigenvalue weighted by Gasteiger charge is -2.34. The first-order valence-electron chi connectivity index (χ1n) is 7.67. The fraction of sp³-hybridized carbons (Fsp3) is 0.750. The zero-order valence-electron chi connectivity index (χ0n) is 12.6. The maximum atomic E-state index is 6.42. The first-order valence-corrected chi connectivity index (χ1v) is 8.61. The fourth-order valence-electron chi connectivity index (χ4n) is 3.43. The lowest BCUT2D eigenvalue weighted by Crippen LogP contribution is -2.40. The molecule has 2 unspecified atom stereocenters. The molecule has 0 saturated carbocycles. The van der Waals surface area contributed by atoms with Crippen molar-refractivity contribution in [3.63, 3.8) is 0 Å². The third-order valence-electron chi connectivity index (χ3n) is 5.12. The number of thiophene rings is 1. The van der Waals surface area contributed by atoms with Crippen LogP contribution in [0.2, 0.25) is 0 Å². The molecule has 2 heterocycles. The van der Waals surface area contributed by atoms with E-state index in [1.807, 2.05) is 0 Å². The maximum absolute atomic E-state index is 6.42. The molecule has 2 rings (SSSR count). The molecule has 108 valence electrons. The van der Waals surface area contributed by atoms with Crippen LogP contribution in [0.25, 0.3) is 0 Å². The van der Waals surface area contributed by atoms with E-state index in [9.17, 15) is 0 Å². The van der Waals surface area contributed by atoms with Gasteiger partial charge in [0.1, 0.15) is 0 Å². The highest BCUT2D eigenvalue weighted by Crippen LogP contribution is 2.41. The van der Waals surface area contributed by atoms with Gasteiger partial charge < -0.3 is 5.73 Å². The number of likely N-dealkylation sites (tertiary alicyclic amines) is 1. The molecule has 2 atom stereocenters. The summed E-state index contributed by atoms with van der Waals surface area (Å²) in [5.41, 5.74) is 8.37. The van der Waals surface area contributed by atoms with E-state index in [2.05, 4.69) is 42.5 Å². The molecule has 0 spiro atoms. The van der Waals surface area contributed by atoms with E-state index < -0.39 is 0 Å². The largest absolute Gasteiger partial charge is 0.326 e. The van der Waals surface area contributed by atoms with Gasteiger partial charge in [-0.3, -0.25) is 4.90 Å². The average Bonchev–Trinajstić information content (AvgIpc) is 3.09. The zero-order chi connectivity index (χ0) is 13.9. The molecule has 2 N–H and O–H groups in total. The van der Waals surface area contributed by atoms with Gasteiger partial charge in [0.2, 0.25) is 0 Å². The highest BCUT2D eigenvalue weighted by molar-refractivity contribution is 7.07. The van der Waals surface area contributed by atoms with Crippen LogP contribution in [0, 0.1) is 5.41 Å². The van der Waals surface area contributed by atoms with Gasteiger partial charge in [-0.15, -0.1) is 0 Å². The Hall–Kier alpha value is -0.380. The SMILES string of the molecule is CCC(N)C(c1ccsc1)N1CCC(CC)(CC)C1. The minimum Gasteiger partial charge on any atom is -0.326 e. The smallest absolute Gasteiger partial charge is 0.0507 e. The van der Waals surface area contributed by atoms with Crippen LogP contribution >= 0.6 is 11.3 Å². The predicted molar refractivity (Wildman–Crippen MR) is 84.5 cm³/mol. The molecule has 0 amide bonds. The Labute approximate surface area is 122 Å². The van der Waals surface area contributed by atoms with Crippen molar-refractivity contribution in [3.8, 4) is 0 Å². The van der Waals surface area contributed by atoms with Gasteiger partial charge in [-0.25, -0.2) is 0 Å². The highest BCUT2D eigenvalue weighted by atomic mass is 32.1. The van der Waals surface area contributed by atoms with Crippen molar-refractivity contribution in [2.24, 2.45) is 11.1 Å².